The van der Waals surface area contributed by atoms with Crippen LogP contribution in [0.3, 0.4) is 0 Å². The number of carbonyl (C=O) groups excluding carboxylic acids is 1. The van der Waals surface area contributed by atoms with Gasteiger partial charge in [0.1, 0.15) is 35.4 Å². The Morgan fingerprint density at radius 2 is 1.83 bits per heavy atom. The van der Waals surface area contributed by atoms with E-state index in [0.717, 1.165) is 66.5 Å². The molecule has 36 heavy (non-hydrogen) atoms. The number of aryl methyl sites for hydroxylation is 2. The van der Waals surface area contributed by atoms with Crippen molar-refractivity contribution in [2.24, 2.45) is 0 Å². The molecule has 0 spiro atoms. The van der Waals surface area contributed by atoms with Crippen LogP contribution < -0.4 is 15.0 Å². The largest absolute Gasteiger partial charge is 0.455 e. The molecule has 4 aromatic rings. The van der Waals surface area contributed by atoms with Crippen LogP contribution in [0.5, 0.6) is 11.5 Å². The number of nitrogens with zero attached hydrogens (tertiary/aromatic N) is 6. The van der Waals surface area contributed by atoms with Crippen molar-refractivity contribution in [1.82, 2.24) is 24.8 Å². The zero-order chi connectivity index (χ0) is 24.9. The van der Waals surface area contributed by atoms with Crippen molar-refractivity contribution in [3.05, 3.63) is 78.5 Å². The Bertz CT molecular complexity index is 1400. The summed E-state index contributed by atoms with van der Waals surface area (Å²) < 4.78 is 5.99. The summed E-state index contributed by atoms with van der Waals surface area (Å²) in [6.45, 7) is 7.23. The normalized spacial score (nSPS) is 13.8. The van der Waals surface area contributed by atoms with Gasteiger partial charge in [-0.25, -0.2) is 15.0 Å². The first-order valence-corrected chi connectivity index (χ1v) is 11.8. The fourth-order valence-electron chi connectivity index (χ4n) is 4.07. The SMILES string of the molecule is Cc1ccc(Oc2ccc(Nc3ncnc4ccc(N5CCN(C=CC=O)CC5)nc34)cc2C)cn1. The lowest BCUT2D eigenvalue weighted by molar-refractivity contribution is -0.104. The van der Waals surface area contributed by atoms with Gasteiger partial charge >= 0.3 is 0 Å². The molecule has 1 saturated heterocycles. The van der Waals surface area contributed by atoms with Gasteiger partial charge in [-0.1, -0.05) is 0 Å². The van der Waals surface area contributed by atoms with Crippen LogP contribution in [0.2, 0.25) is 0 Å². The molecule has 9 heteroatoms. The maximum absolute atomic E-state index is 10.6. The monoisotopic (exact) mass is 481 g/mol. The topological polar surface area (TPSA) is 96.4 Å². The quantitative estimate of drug-likeness (QED) is 0.304. The summed E-state index contributed by atoms with van der Waals surface area (Å²) in [6, 6.07) is 13.7. The second-order valence-corrected chi connectivity index (χ2v) is 8.60. The van der Waals surface area contributed by atoms with E-state index in [9.17, 15) is 4.79 Å². The van der Waals surface area contributed by atoms with Crippen molar-refractivity contribution in [1.29, 1.82) is 0 Å². The molecule has 0 atom stereocenters. The highest BCUT2D eigenvalue weighted by atomic mass is 16.5. The molecule has 4 heterocycles. The Morgan fingerprint density at radius 1 is 0.972 bits per heavy atom. The van der Waals surface area contributed by atoms with E-state index in [0.29, 0.717) is 17.1 Å². The van der Waals surface area contributed by atoms with E-state index in [1.54, 1.807) is 12.5 Å². The third-order valence-electron chi connectivity index (χ3n) is 6.03. The predicted octanol–water partition coefficient (Wildman–Crippen LogP) is 4.41. The van der Waals surface area contributed by atoms with E-state index < -0.39 is 0 Å². The Kier molecular flexibility index (Phi) is 6.70. The Morgan fingerprint density at radius 3 is 2.58 bits per heavy atom. The molecule has 182 valence electrons. The van der Waals surface area contributed by atoms with Gasteiger partial charge in [-0.15, -0.1) is 0 Å². The van der Waals surface area contributed by atoms with Gasteiger partial charge in [0.15, 0.2) is 5.82 Å². The van der Waals surface area contributed by atoms with Crippen LogP contribution >= 0.6 is 0 Å². The van der Waals surface area contributed by atoms with E-state index in [-0.39, 0.29) is 0 Å². The van der Waals surface area contributed by atoms with Gasteiger partial charge in [-0.05, 0) is 68.0 Å². The smallest absolute Gasteiger partial charge is 0.160 e. The zero-order valence-electron chi connectivity index (χ0n) is 20.3. The number of fused-ring (bicyclic) bond motifs is 1. The molecule has 0 saturated carbocycles. The highest BCUT2D eigenvalue weighted by Crippen LogP contribution is 2.30. The van der Waals surface area contributed by atoms with Gasteiger partial charge in [-0.3, -0.25) is 9.78 Å². The summed E-state index contributed by atoms with van der Waals surface area (Å²) in [7, 11) is 0. The van der Waals surface area contributed by atoms with E-state index >= 15 is 0 Å². The van der Waals surface area contributed by atoms with Crippen LogP contribution in [0.1, 0.15) is 11.3 Å². The first-order chi connectivity index (χ1) is 17.6. The van der Waals surface area contributed by atoms with Crippen molar-refractivity contribution in [2.75, 3.05) is 36.4 Å². The number of hydrogen-bond donors (Lipinski definition) is 1. The Hall–Kier alpha value is -4.53. The first-order valence-electron chi connectivity index (χ1n) is 11.8. The molecule has 3 aromatic heterocycles. The van der Waals surface area contributed by atoms with Crippen LogP contribution in [-0.4, -0.2) is 57.3 Å². The molecule has 1 aromatic carbocycles. The maximum Gasteiger partial charge on any atom is 0.160 e. The van der Waals surface area contributed by atoms with Crippen LogP contribution in [0, 0.1) is 13.8 Å². The Labute approximate surface area is 209 Å². The summed E-state index contributed by atoms with van der Waals surface area (Å²) in [5, 5.41) is 3.40. The highest BCUT2D eigenvalue weighted by molar-refractivity contribution is 5.88. The van der Waals surface area contributed by atoms with Crippen molar-refractivity contribution in [2.45, 2.75) is 13.8 Å². The van der Waals surface area contributed by atoms with Crippen LogP contribution in [0.4, 0.5) is 17.3 Å². The van der Waals surface area contributed by atoms with E-state index in [1.807, 2.05) is 62.5 Å². The molecule has 5 rings (SSSR count). The number of aldehydes is 1. The number of ether oxygens (including phenoxy) is 1. The van der Waals surface area contributed by atoms with Crippen molar-refractivity contribution < 1.29 is 9.53 Å². The van der Waals surface area contributed by atoms with Gasteiger partial charge in [0.2, 0.25) is 0 Å². The lowest BCUT2D eigenvalue weighted by Gasteiger charge is -2.34. The van der Waals surface area contributed by atoms with Crippen molar-refractivity contribution in [3.8, 4) is 11.5 Å². The van der Waals surface area contributed by atoms with E-state index in [4.69, 9.17) is 9.72 Å². The zero-order valence-corrected chi connectivity index (χ0v) is 20.3. The van der Waals surface area contributed by atoms with Crippen LogP contribution in [0.15, 0.2) is 67.3 Å². The molecular weight excluding hydrogens is 454 g/mol. The summed E-state index contributed by atoms with van der Waals surface area (Å²) >= 11 is 0. The van der Waals surface area contributed by atoms with E-state index in [1.165, 1.54) is 6.08 Å². The molecule has 0 amide bonds. The molecule has 0 unspecified atom stereocenters. The van der Waals surface area contributed by atoms with Gasteiger partial charge in [0, 0.05) is 43.8 Å². The Balaban J connectivity index is 1.34. The summed E-state index contributed by atoms with van der Waals surface area (Å²) in [5.74, 6) is 2.99. The van der Waals surface area contributed by atoms with Crippen LogP contribution in [0.25, 0.3) is 11.0 Å². The number of aromatic nitrogens is 4. The molecule has 1 fully saturated rings. The standard InChI is InChI=1S/C27H27N7O2/c1-19-16-21(5-8-24(19)36-22-6-4-20(2)28-17-22)31-27-26-23(29-18-30-27)7-9-25(32-26)34-13-11-33(12-14-34)10-3-15-35/h3-10,15-18H,11-14H2,1-2H3,(H,29,30,31). The number of benzene rings is 1. The first kappa shape index (κ1) is 23.2. The van der Waals surface area contributed by atoms with Gasteiger partial charge in [0.05, 0.1) is 11.7 Å². The maximum atomic E-state index is 10.6. The summed E-state index contributed by atoms with van der Waals surface area (Å²) in [4.78, 5) is 33.0. The molecule has 0 aliphatic carbocycles. The fourth-order valence-corrected chi connectivity index (χ4v) is 4.07. The average molecular weight is 482 g/mol. The second-order valence-electron chi connectivity index (χ2n) is 8.60. The van der Waals surface area contributed by atoms with Crippen LogP contribution in [-0.2, 0) is 4.79 Å². The average Bonchev–Trinajstić information content (AvgIpc) is 2.90. The molecule has 0 bridgehead atoms. The van der Waals surface area contributed by atoms with Gasteiger partial charge < -0.3 is 19.9 Å². The fraction of sp³-hybridized carbons (Fsp3) is 0.222. The lowest BCUT2D eigenvalue weighted by Crippen LogP contribution is -2.44. The number of rotatable bonds is 7. The number of allylic oxidation sites excluding steroid dienone is 1. The van der Waals surface area contributed by atoms with Gasteiger partial charge in [-0.2, -0.15) is 0 Å². The predicted molar refractivity (Wildman–Crippen MR) is 140 cm³/mol. The highest BCUT2D eigenvalue weighted by Gasteiger charge is 2.17. The molecule has 9 nitrogen and oxygen atoms in total. The number of anilines is 3. The molecule has 1 N–H and O–H groups in total. The minimum Gasteiger partial charge on any atom is -0.455 e. The van der Waals surface area contributed by atoms with Gasteiger partial charge in [0.25, 0.3) is 0 Å². The molecule has 1 aliphatic heterocycles. The minimum absolute atomic E-state index is 0.644. The second kappa shape index (κ2) is 10.4. The number of carbonyl (C=O) groups is 1. The lowest BCUT2D eigenvalue weighted by atomic mass is 10.2. The third kappa shape index (κ3) is 5.25. The number of hydrogen-bond acceptors (Lipinski definition) is 9. The molecule has 0 radical (unpaired) electrons. The van der Waals surface area contributed by atoms with Crippen molar-refractivity contribution in [3.63, 3.8) is 0 Å². The molecular formula is C27H27N7O2. The van der Waals surface area contributed by atoms with E-state index in [2.05, 4.69) is 30.1 Å². The van der Waals surface area contributed by atoms with Crippen molar-refractivity contribution >= 4 is 34.6 Å². The number of piperazine rings is 1. The minimum atomic E-state index is 0.644. The molecule has 1 aliphatic rings. The number of nitrogens with one attached hydrogen (secondary N) is 1. The number of pyridine rings is 2. The third-order valence-corrected chi connectivity index (χ3v) is 6.03. The summed E-state index contributed by atoms with van der Waals surface area (Å²) in [5.41, 5.74) is 4.29. The summed E-state index contributed by atoms with van der Waals surface area (Å²) in [6.07, 6.45) is 7.43.